The lowest BCUT2D eigenvalue weighted by Gasteiger charge is -2.18. The SMILES string of the molecule is CCN(C)c1cccnc1NC. The molecule has 0 radical (unpaired) electrons. The predicted molar refractivity (Wildman–Crippen MR) is 52.7 cm³/mol. The van der Waals surface area contributed by atoms with Crippen LogP contribution in [-0.4, -0.2) is 25.6 Å². The first-order chi connectivity index (χ1) is 5.79. The van der Waals surface area contributed by atoms with Crippen molar-refractivity contribution in [1.29, 1.82) is 0 Å². The van der Waals surface area contributed by atoms with E-state index in [4.69, 9.17) is 0 Å². The molecule has 0 atom stereocenters. The van der Waals surface area contributed by atoms with Crippen molar-refractivity contribution in [3.63, 3.8) is 0 Å². The van der Waals surface area contributed by atoms with Crippen molar-refractivity contribution in [2.75, 3.05) is 30.9 Å². The molecule has 3 nitrogen and oxygen atoms in total. The zero-order chi connectivity index (χ0) is 8.97. The fourth-order valence-electron chi connectivity index (χ4n) is 1.07. The van der Waals surface area contributed by atoms with Gasteiger partial charge >= 0.3 is 0 Å². The van der Waals surface area contributed by atoms with Crippen molar-refractivity contribution >= 4 is 11.5 Å². The van der Waals surface area contributed by atoms with E-state index in [1.807, 2.05) is 13.1 Å². The van der Waals surface area contributed by atoms with Crippen molar-refractivity contribution in [3.05, 3.63) is 18.3 Å². The summed E-state index contributed by atoms with van der Waals surface area (Å²) in [7, 11) is 3.94. The van der Waals surface area contributed by atoms with Crippen LogP contribution in [0.2, 0.25) is 0 Å². The summed E-state index contributed by atoms with van der Waals surface area (Å²) in [5.74, 6) is 0.932. The normalized spacial score (nSPS) is 9.58. The molecule has 0 spiro atoms. The van der Waals surface area contributed by atoms with Gasteiger partial charge in [0.15, 0.2) is 0 Å². The topological polar surface area (TPSA) is 28.2 Å². The lowest BCUT2D eigenvalue weighted by molar-refractivity contribution is 0.962. The van der Waals surface area contributed by atoms with Crippen LogP contribution in [-0.2, 0) is 0 Å². The van der Waals surface area contributed by atoms with E-state index >= 15 is 0 Å². The fourth-order valence-corrected chi connectivity index (χ4v) is 1.07. The number of anilines is 2. The Labute approximate surface area is 73.4 Å². The molecule has 0 fully saturated rings. The minimum atomic E-state index is 0.932. The molecule has 0 saturated carbocycles. The van der Waals surface area contributed by atoms with Gasteiger partial charge < -0.3 is 10.2 Å². The Balaban J connectivity index is 2.96. The maximum absolute atomic E-state index is 4.21. The van der Waals surface area contributed by atoms with Gasteiger partial charge in [0.1, 0.15) is 5.82 Å². The Morgan fingerprint density at radius 2 is 2.33 bits per heavy atom. The second-order valence-corrected chi connectivity index (χ2v) is 2.64. The van der Waals surface area contributed by atoms with Crippen LogP contribution in [0.25, 0.3) is 0 Å². The van der Waals surface area contributed by atoms with Crippen LogP contribution in [0.3, 0.4) is 0 Å². The number of aromatic nitrogens is 1. The van der Waals surface area contributed by atoms with E-state index in [0.29, 0.717) is 0 Å². The summed E-state index contributed by atoms with van der Waals surface area (Å²) in [4.78, 5) is 6.37. The van der Waals surface area contributed by atoms with Gasteiger partial charge in [-0.05, 0) is 19.1 Å². The molecule has 0 saturated heterocycles. The van der Waals surface area contributed by atoms with Crippen molar-refractivity contribution in [3.8, 4) is 0 Å². The minimum absolute atomic E-state index is 0.932. The first-order valence-electron chi connectivity index (χ1n) is 4.13. The van der Waals surface area contributed by atoms with Crippen molar-refractivity contribution in [1.82, 2.24) is 4.98 Å². The molecule has 1 aromatic heterocycles. The van der Waals surface area contributed by atoms with Crippen LogP contribution in [0.1, 0.15) is 6.92 Å². The zero-order valence-corrected chi connectivity index (χ0v) is 7.83. The minimum Gasteiger partial charge on any atom is -0.372 e. The van der Waals surface area contributed by atoms with Gasteiger partial charge in [-0.25, -0.2) is 4.98 Å². The van der Waals surface area contributed by atoms with Gasteiger partial charge in [-0.2, -0.15) is 0 Å². The maximum atomic E-state index is 4.21. The molecule has 0 unspecified atom stereocenters. The summed E-state index contributed by atoms with van der Waals surface area (Å²) in [6, 6.07) is 4.00. The van der Waals surface area contributed by atoms with E-state index in [0.717, 1.165) is 18.1 Å². The molecule has 0 aliphatic carbocycles. The molecular weight excluding hydrogens is 150 g/mol. The van der Waals surface area contributed by atoms with Gasteiger partial charge in [-0.1, -0.05) is 0 Å². The molecule has 66 valence electrons. The van der Waals surface area contributed by atoms with E-state index in [-0.39, 0.29) is 0 Å². The quantitative estimate of drug-likeness (QED) is 0.737. The molecule has 0 aliphatic rings. The summed E-state index contributed by atoms with van der Waals surface area (Å²) in [5, 5.41) is 3.06. The van der Waals surface area contributed by atoms with Crippen LogP contribution in [0, 0.1) is 0 Å². The molecule has 0 amide bonds. The first-order valence-corrected chi connectivity index (χ1v) is 4.13. The molecule has 1 rings (SSSR count). The zero-order valence-electron chi connectivity index (χ0n) is 7.83. The predicted octanol–water partition coefficient (Wildman–Crippen LogP) is 1.58. The molecular formula is C9H15N3. The number of nitrogens with one attached hydrogen (secondary N) is 1. The highest BCUT2D eigenvalue weighted by atomic mass is 15.1. The average Bonchev–Trinajstić information content (AvgIpc) is 2.16. The van der Waals surface area contributed by atoms with E-state index in [9.17, 15) is 0 Å². The standard InChI is InChI=1S/C9H15N3/c1-4-12(3)8-6-5-7-11-9(8)10-2/h5-7H,4H2,1-3H3,(H,10,11). The van der Waals surface area contributed by atoms with Crippen LogP contribution in [0.5, 0.6) is 0 Å². The van der Waals surface area contributed by atoms with Gasteiger partial charge in [-0.3, -0.25) is 0 Å². The number of hydrogen-bond acceptors (Lipinski definition) is 3. The van der Waals surface area contributed by atoms with Gasteiger partial charge in [-0.15, -0.1) is 0 Å². The lowest BCUT2D eigenvalue weighted by Crippen LogP contribution is -2.17. The second kappa shape index (κ2) is 3.95. The van der Waals surface area contributed by atoms with Crippen LogP contribution < -0.4 is 10.2 Å². The Morgan fingerprint density at radius 3 is 2.92 bits per heavy atom. The van der Waals surface area contributed by atoms with Crippen LogP contribution in [0.15, 0.2) is 18.3 Å². The summed E-state index contributed by atoms with van der Waals surface area (Å²) in [5.41, 5.74) is 1.14. The number of rotatable bonds is 3. The molecule has 3 heteroatoms. The van der Waals surface area contributed by atoms with E-state index in [1.165, 1.54) is 0 Å². The molecule has 1 N–H and O–H groups in total. The van der Waals surface area contributed by atoms with Crippen LogP contribution in [0.4, 0.5) is 11.5 Å². The fraction of sp³-hybridized carbons (Fsp3) is 0.444. The highest BCUT2D eigenvalue weighted by Gasteiger charge is 2.03. The summed E-state index contributed by atoms with van der Waals surface area (Å²) >= 11 is 0. The Hall–Kier alpha value is -1.25. The highest BCUT2D eigenvalue weighted by Crippen LogP contribution is 2.20. The molecule has 12 heavy (non-hydrogen) atoms. The number of nitrogens with zero attached hydrogens (tertiary/aromatic N) is 2. The Kier molecular flexibility index (Phi) is 2.91. The summed E-state index contributed by atoms with van der Waals surface area (Å²) < 4.78 is 0. The van der Waals surface area contributed by atoms with Gasteiger partial charge in [0.05, 0.1) is 5.69 Å². The van der Waals surface area contributed by atoms with Crippen molar-refractivity contribution in [2.45, 2.75) is 6.92 Å². The van der Waals surface area contributed by atoms with Gasteiger partial charge in [0, 0.05) is 26.8 Å². The molecule has 0 aromatic carbocycles. The van der Waals surface area contributed by atoms with Crippen LogP contribution >= 0.6 is 0 Å². The largest absolute Gasteiger partial charge is 0.372 e. The third kappa shape index (κ3) is 1.67. The van der Waals surface area contributed by atoms with Crippen molar-refractivity contribution in [2.24, 2.45) is 0 Å². The molecule has 0 bridgehead atoms. The Bertz CT molecular complexity index is 247. The molecule has 0 aliphatic heterocycles. The van der Waals surface area contributed by atoms with E-state index in [2.05, 4.69) is 35.2 Å². The lowest BCUT2D eigenvalue weighted by atomic mass is 10.3. The van der Waals surface area contributed by atoms with Gasteiger partial charge in [0.25, 0.3) is 0 Å². The first kappa shape index (κ1) is 8.84. The maximum Gasteiger partial charge on any atom is 0.149 e. The number of hydrogen-bond donors (Lipinski definition) is 1. The third-order valence-electron chi connectivity index (χ3n) is 1.91. The second-order valence-electron chi connectivity index (χ2n) is 2.64. The highest BCUT2D eigenvalue weighted by molar-refractivity contribution is 5.64. The summed E-state index contributed by atoms with van der Waals surface area (Å²) in [6.45, 7) is 3.10. The molecule has 1 aromatic rings. The van der Waals surface area contributed by atoms with E-state index < -0.39 is 0 Å². The van der Waals surface area contributed by atoms with Crippen molar-refractivity contribution < 1.29 is 0 Å². The molecule has 1 heterocycles. The van der Waals surface area contributed by atoms with Gasteiger partial charge in [0.2, 0.25) is 0 Å². The monoisotopic (exact) mass is 165 g/mol. The number of pyridine rings is 1. The van der Waals surface area contributed by atoms with E-state index in [1.54, 1.807) is 6.20 Å². The average molecular weight is 165 g/mol. The summed E-state index contributed by atoms with van der Waals surface area (Å²) in [6.07, 6.45) is 1.79. The smallest absolute Gasteiger partial charge is 0.149 e. The Morgan fingerprint density at radius 1 is 1.58 bits per heavy atom. The third-order valence-corrected chi connectivity index (χ3v) is 1.91.